The number of rotatable bonds is 6. The lowest BCUT2D eigenvalue weighted by molar-refractivity contribution is 0.0724. The number of hydrogen-bond acceptors (Lipinski definition) is 2. The number of nitrogens with zero attached hydrogens (tertiary/aromatic N) is 2. The Morgan fingerprint density at radius 3 is 2.31 bits per heavy atom. The van der Waals surface area contributed by atoms with Crippen molar-refractivity contribution in [2.24, 2.45) is 10.4 Å². The third kappa shape index (κ3) is 9.36. The van der Waals surface area contributed by atoms with Gasteiger partial charge in [0, 0.05) is 38.3 Å². The number of piperidine rings is 1. The maximum absolute atomic E-state index is 12.6. The predicted molar refractivity (Wildman–Crippen MR) is 133 cm³/mol. The molecule has 1 fully saturated rings. The molecule has 1 atom stereocenters. The SMILES string of the molecule is CN=C(NCc1ccc(C(=O)N2CCCCC2)cc1)NC(C)CCC(C)(C)C.I. The fourth-order valence-corrected chi connectivity index (χ4v) is 3.38. The fraction of sp³-hybridized carbons (Fsp3) is 0.652. The summed E-state index contributed by atoms with van der Waals surface area (Å²) < 4.78 is 0. The van der Waals surface area contributed by atoms with E-state index in [4.69, 9.17) is 0 Å². The van der Waals surface area contributed by atoms with Gasteiger partial charge in [-0.2, -0.15) is 0 Å². The summed E-state index contributed by atoms with van der Waals surface area (Å²) in [6.07, 6.45) is 5.75. The van der Waals surface area contributed by atoms with E-state index in [0.717, 1.165) is 49.4 Å². The number of halogens is 1. The van der Waals surface area contributed by atoms with Gasteiger partial charge in [-0.25, -0.2) is 0 Å². The average molecular weight is 514 g/mol. The molecule has 1 amide bonds. The standard InChI is InChI=1S/C23H38N4O.HI/c1-18(13-14-23(2,3)4)26-22(24-5)25-17-19-9-11-20(12-10-19)21(28)27-15-7-6-8-16-27;/h9-12,18H,6-8,13-17H2,1-5H3,(H2,24,25,26);1H. The van der Waals surface area contributed by atoms with Gasteiger partial charge in [0.05, 0.1) is 0 Å². The zero-order valence-electron chi connectivity index (χ0n) is 18.8. The number of amides is 1. The lowest BCUT2D eigenvalue weighted by Crippen LogP contribution is -2.42. The van der Waals surface area contributed by atoms with Crippen LogP contribution in [0.15, 0.2) is 29.3 Å². The molecule has 0 bridgehead atoms. The number of carbonyl (C=O) groups excluding carboxylic acids is 1. The molecule has 2 rings (SSSR count). The summed E-state index contributed by atoms with van der Waals surface area (Å²) in [6.45, 7) is 11.5. The van der Waals surface area contributed by atoms with Gasteiger partial charge in [-0.15, -0.1) is 24.0 Å². The van der Waals surface area contributed by atoms with Crippen LogP contribution in [0.3, 0.4) is 0 Å². The van der Waals surface area contributed by atoms with E-state index in [0.29, 0.717) is 18.0 Å². The second-order valence-electron chi connectivity index (χ2n) is 9.12. The minimum atomic E-state index is 0. The molecule has 29 heavy (non-hydrogen) atoms. The zero-order chi connectivity index (χ0) is 20.6. The van der Waals surface area contributed by atoms with Gasteiger partial charge in [0.25, 0.3) is 5.91 Å². The lowest BCUT2D eigenvalue weighted by Gasteiger charge is -2.26. The van der Waals surface area contributed by atoms with E-state index in [1.54, 1.807) is 7.05 Å². The molecular formula is C23H39IN4O. The van der Waals surface area contributed by atoms with Gasteiger partial charge in [0.1, 0.15) is 0 Å². The second-order valence-corrected chi connectivity index (χ2v) is 9.12. The number of benzene rings is 1. The highest BCUT2D eigenvalue weighted by molar-refractivity contribution is 14.0. The number of carbonyl (C=O) groups is 1. The molecule has 0 spiro atoms. The molecule has 0 radical (unpaired) electrons. The highest BCUT2D eigenvalue weighted by Crippen LogP contribution is 2.21. The van der Waals surface area contributed by atoms with Gasteiger partial charge in [-0.05, 0) is 62.1 Å². The molecule has 1 heterocycles. The second kappa shape index (κ2) is 12.4. The molecule has 6 heteroatoms. The van der Waals surface area contributed by atoms with Crippen LogP contribution in [-0.2, 0) is 6.54 Å². The molecule has 0 aliphatic carbocycles. The first-order valence-corrected chi connectivity index (χ1v) is 10.6. The van der Waals surface area contributed by atoms with E-state index < -0.39 is 0 Å². The number of guanidine groups is 1. The summed E-state index contributed by atoms with van der Waals surface area (Å²) in [7, 11) is 1.80. The largest absolute Gasteiger partial charge is 0.354 e. The maximum Gasteiger partial charge on any atom is 0.253 e. The Hall–Kier alpha value is -1.31. The van der Waals surface area contributed by atoms with E-state index >= 15 is 0 Å². The lowest BCUT2D eigenvalue weighted by atomic mass is 9.89. The van der Waals surface area contributed by atoms with E-state index in [1.165, 1.54) is 12.8 Å². The van der Waals surface area contributed by atoms with Crippen molar-refractivity contribution in [1.82, 2.24) is 15.5 Å². The van der Waals surface area contributed by atoms with Crippen molar-refractivity contribution in [3.05, 3.63) is 35.4 Å². The van der Waals surface area contributed by atoms with Crippen LogP contribution in [0.5, 0.6) is 0 Å². The van der Waals surface area contributed by atoms with E-state index in [2.05, 4.69) is 43.3 Å². The molecule has 1 aliphatic rings. The van der Waals surface area contributed by atoms with Crippen LogP contribution in [0.4, 0.5) is 0 Å². The van der Waals surface area contributed by atoms with Crippen LogP contribution in [0, 0.1) is 5.41 Å². The van der Waals surface area contributed by atoms with E-state index in [9.17, 15) is 4.79 Å². The molecule has 1 unspecified atom stereocenters. The number of aliphatic imine (C=N–C) groups is 1. The molecular weight excluding hydrogens is 475 g/mol. The van der Waals surface area contributed by atoms with Crippen molar-refractivity contribution in [3.63, 3.8) is 0 Å². The normalized spacial score (nSPS) is 16.0. The van der Waals surface area contributed by atoms with E-state index in [1.807, 2.05) is 29.2 Å². The topological polar surface area (TPSA) is 56.7 Å². The van der Waals surface area contributed by atoms with Crippen molar-refractivity contribution in [2.75, 3.05) is 20.1 Å². The monoisotopic (exact) mass is 514 g/mol. The van der Waals surface area contributed by atoms with Gasteiger partial charge >= 0.3 is 0 Å². The Kier molecular flexibility index (Phi) is 11.0. The zero-order valence-corrected chi connectivity index (χ0v) is 21.1. The van der Waals surface area contributed by atoms with Crippen molar-refractivity contribution in [2.45, 2.75) is 72.4 Å². The highest BCUT2D eigenvalue weighted by atomic mass is 127. The maximum atomic E-state index is 12.6. The van der Waals surface area contributed by atoms with E-state index in [-0.39, 0.29) is 29.9 Å². The smallest absolute Gasteiger partial charge is 0.253 e. The van der Waals surface area contributed by atoms with Crippen LogP contribution < -0.4 is 10.6 Å². The highest BCUT2D eigenvalue weighted by Gasteiger charge is 2.18. The van der Waals surface area contributed by atoms with Crippen molar-refractivity contribution >= 4 is 35.8 Å². The molecule has 5 nitrogen and oxygen atoms in total. The Morgan fingerprint density at radius 2 is 1.76 bits per heavy atom. The molecule has 1 aromatic carbocycles. The molecule has 2 N–H and O–H groups in total. The predicted octanol–water partition coefficient (Wildman–Crippen LogP) is 4.81. The first-order valence-electron chi connectivity index (χ1n) is 10.6. The molecule has 0 aromatic heterocycles. The molecule has 1 aromatic rings. The summed E-state index contributed by atoms with van der Waals surface area (Å²) in [5.74, 6) is 0.972. The third-order valence-corrected chi connectivity index (χ3v) is 5.24. The van der Waals surface area contributed by atoms with Crippen molar-refractivity contribution < 1.29 is 4.79 Å². The van der Waals surface area contributed by atoms with Gasteiger partial charge < -0.3 is 15.5 Å². The van der Waals surface area contributed by atoms with Gasteiger partial charge in [0.2, 0.25) is 0 Å². The number of nitrogens with one attached hydrogen (secondary N) is 2. The van der Waals surface area contributed by atoms with Crippen LogP contribution in [0.2, 0.25) is 0 Å². The van der Waals surface area contributed by atoms with Gasteiger partial charge in [-0.1, -0.05) is 32.9 Å². The van der Waals surface area contributed by atoms with Crippen molar-refractivity contribution in [3.8, 4) is 0 Å². The molecule has 0 saturated carbocycles. The van der Waals surface area contributed by atoms with Crippen LogP contribution in [-0.4, -0.2) is 42.9 Å². The number of likely N-dealkylation sites (tertiary alicyclic amines) is 1. The minimum absolute atomic E-state index is 0. The average Bonchev–Trinajstić information content (AvgIpc) is 2.69. The Balaban J connectivity index is 0.00000420. The van der Waals surface area contributed by atoms with Crippen LogP contribution in [0.1, 0.15) is 75.7 Å². The van der Waals surface area contributed by atoms with Crippen LogP contribution in [0.25, 0.3) is 0 Å². The summed E-state index contributed by atoms with van der Waals surface area (Å²) in [6, 6.07) is 8.31. The summed E-state index contributed by atoms with van der Waals surface area (Å²) in [5, 5.41) is 6.83. The summed E-state index contributed by atoms with van der Waals surface area (Å²) >= 11 is 0. The van der Waals surface area contributed by atoms with Crippen molar-refractivity contribution in [1.29, 1.82) is 0 Å². The molecule has 1 aliphatic heterocycles. The Bertz CT molecular complexity index is 646. The third-order valence-electron chi connectivity index (χ3n) is 5.24. The molecule has 1 saturated heterocycles. The van der Waals surface area contributed by atoms with Crippen LogP contribution >= 0.6 is 24.0 Å². The Morgan fingerprint density at radius 1 is 1.14 bits per heavy atom. The van der Waals surface area contributed by atoms with Gasteiger partial charge in [0.15, 0.2) is 5.96 Å². The number of hydrogen-bond donors (Lipinski definition) is 2. The summed E-state index contributed by atoms with van der Waals surface area (Å²) in [4.78, 5) is 18.9. The van der Waals surface area contributed by atoms with Gasteiger partial charge in [-0.3, -0.25) is 9.79 Å². The Labute approximate surface area is 194 Å². The summed E-state index contributed by atoms with van der Waals surface area (Å²) in [5.41, 5.74) is 2.27. The first kappa shape index (κ1) is 25.7. The molecule has 164 valence electrons. The fourth-order valence-electron chi connectivity index (χ4n) is 3.38. The quantitative estimate of drug-likeness (QED) is 0.326. The first-order chi connectivity index (χ1) is 13.3. The minimum Gasteiger partial charge on any atom is -0.354 e.